The molecule has 0 unspecified atom stereocenters. The number of carbonyl (C=O) groups is 1. The van der Waals surface area contributed by atoms with Crippen molar-refractivity contribution in [3.8, 4) is 0 Å². The van der Waals surface area contributed by atoms with Crippen LogP contribution in [0.4, 0.5) is 18.9 Å². The number of nitrogens with one attached hydrogen (secondary N) is 1. The third-order valence-electron chi connectivity index (χ3n) is 4.52. The Morgan fingerprint density at radius 3 is 2.57 bits per heavy atom. The molecule has 6 nitrogen and oxygen atoms in total. The van der Waals surface area contributed by atoms with Gasteiger partial charge in [-0.05, 0) is 30.7 Å². The predicted octanol–water partition coefficient (Wildman–Crippen LogP) is 2.93. The maximum Gasteiger partial charge on any atom is 0.418 e. The van der Waals surface area contributed by atoms with Crippen LogP contribution >= 0.6 is 0 Å². The molecule has 1 saturated heterocycles. The molecule has 1 aliphatic rings. The lowest BCUT2D eigenvalue weighted by atomic mass is 10.1. The molecule has 3 rings (SSSR count). The molecular weight excluding hydrogens is 397 g/mol. The Hall–Kier alpha value is -2.33. The first kappa shape index (κ1) is 20.4. The highest BCUT2D eigenvalue weighted by molar-refractivity contribution is 7.91. The van der Waals surface area contributed by atoms with Gasteiger partial charge in [0, 0.05) is 6.04 Å². The number of sulfone groups is 1. The zero-order chi connectivity index (χ0) is 20.4. The van der Waals surface area contributed by atoms with E-state index in [-0.39, 0.29) is 30.3 Å². The van der Waals surface area contributed by atoms with Crippen LogP contribution in [-0.2, 0) is 27.4 Å². The summed E-state index contributed by atoms with van der Waals surface area (Å²) in [5.74, 6) is -0.203. The summed E-state index contributed by atoms with van der Waals surface area (Å²) in [4.78, 5) is 14.1. The van der Waals surface area contributed by atoms with E-state index in [9.17, 15) is 26.4 Å². The van der Waals surface area contributed by atoms with Crippen molar-refractivity contribution in [2.24, 2.45) is 0 Å². The lowest BCUT2D eigenvalue weighted by Crippen LogP contribution is -2.41. The molecule has 0 radical (unpaired) electrons. The Morgan fingerprint density at radius 1 is 1.21 bits per heavy atom. The molecule has 1 N–H and O–H groups in total. The van der Waals surface area contributed by atoms with Gasteiger partial charge in [-0.2, -0.15) is 13.2 Å². The van der Waals surface area contributed by atoms with Crippen molar-refractivity contribution in [2.45, 2.75) is 25.2 Å². The highest BCUT2D eigenvalue weighted by Gasteiger charge is 2.35. The van der Waals surface area contributed by atoms with E-state index in [1.165, 1.54) is 24.5 Å². The minimum Gasteiger partial charge on any atom is -0.468 e. The average Bonchev–Trinajstić information content (AvgIpc) is 3.23. The first-order valence-corrected chi connectivity index (χ1v) is 10.4. The second kappa shape index (κ2) is 7.96. The molecule has 0 bridgehead atoms. The summed E-state index contributed by atoms with van der Waals surface area (Å²) >= 11 is 0. The summed E-state index contributed by atoms with van der Waals surface area (Å²) < 4.78 is 68.2. The van der Waals surface area contributed by atoms with Gasteiger partial charge in [0.2, 0.25) is 5.91 Å². The summed E-state index contributed by atoms with van der Waals surface area (Å²) in [5, 5.41) is 2.29. The molecule has 0 saturated carbocycles. The largest absolute Gasteiger partial charge is 0.468 e. The van der Waals surface area contributed by atoms with Gasteiger partial charge in [0.25, 0.3) is 0 Å². The quantitative estimate of drug-likeness (QED) is 0.783. The number of carbonyl (C=O) groups excluding carboxylic acids is 1. The van der Waals surface area contributed by atoms with E-state index in [1.807, 2.05) is 0 Å². The first-order valence-electron chi connectivity index (χ1n) is 8.57. The van der Waals surface area contributed by atoms with Gasteiger partial charge in [0.15, 0.2) is 9.84 Å². The number of hydrogen-bond donors (Lipinski definition) is 1. The topological polar surface area (TPSA) is 79.6 Å². The van der Waals surface area contributed by atoms with E-state index in [4.69, 9.17) is 4.42 Å². The number of para-hydroxylation sites is 1. The van der Waals surface area contributed by atoms with Gasteiger partial charge in [-0.15, -0.1) is 0 Å². The molecule has 1 fully saturated rings. The highest BCUT2D eigenvalue weighted by Crippen LogP contribution is 2.34. The van der Waals surface area contributed by atoms with Gasteiger partial charge in [0.1, 0.15) is 5.76 Å². The summed E-state index contributed by atoms with van der Waals surface area (Å²) in [6, 6.07) is 7.65. The lowest BCUT2D eigenvalue weighted by Gasteiger charge is -2.26. The van der Waals surface area contributed by atoms with E-state index < -0.39 is 33.5 Å². The second-order valence-electron chi connectivity index (χ2n) is 6.63. The molecule has 1 amide bonds. The molecule has 0 aliphatic carbocycles. The molecule has 10 heteroatoms. The van der Waals surface area contributed by atoms with Gasteiger partial charge in [-0.1, -0.05) is 12.1 Å². The van der Waals surface area contributed by atoms with Crippen LogP contribution in [0.2, 0.25) is 0 Å². The predicted molar refractivity (Wildman–Crippen MR) is 96.3 cm³/mol. The van der Waals surface area contributed by atoms with Gasteiger partial charge >= 0.3 is 6.18 Å². The molecule has 152 valence electrons. The van der Waals surface area contributed by atoms with Crippen LogP contribution in [-0.4, -0.2) is 43.3 Å². The fourth-order valence-electron chi connectivity index (χ4n) is 3.19. The normalized spacial score (nSPS) is 19.1. The molecule has 1 aliphatic heterocycles. The third-order valence-corrected chi connectivity index (χ3v) is 6.27. The Labute approximate surface area is 160 Å². The third kappa shape index (κ3) is 5.14. The van der Waals surface area contributed by atoms with E-state index in [0.717, 1.165) is 6.07 Å². The molecule has 2 aromatic rings. The van der Waals surface area contributed by atoms with Crippen LogP contribution in [0.1, 0.15) is 17.7 Å². The number of anilines is 1. The van der Waals surface area contributed by atoms with Crippen molar-refractivity contribution in [1.82, 2.24) is 4.90 Å². The number of furan rings is 1. The maximum absolute atomic E-state index is 13.1. The SMILES string of the molecule is O=C(CN(Cc1ccco1)[C@H]1CCS(=O)(=O)C1)Nc1ccccc1C(F)(F)F. The van der Waals surface area contributed by atoms with Crippen molar-refractivity contribution < 1.29 is 30.8 Å². The molecule has 1 aromatic heterocycles. The van der Waals surface area contributed by atoms with Crippen LogP contribution < -0.4 is 5.32 Å². The first-order chi connectivity index (χ1) is 13.1. The summed E-state index contributed by atoms with van der Waals surface area (Å²) in [6.07, 6.45) is -2.79. The summed E-state index contributed by atoms with van der Waals surface area (Å²) in [7, 11) is -3.19. The van der Waals surface area contributed by atoms with Crippen molar-refractivity contribution in [1.29, 1.82) is 0 Å². The maximum atomic E-state index is 13.1. The smallest absolute Gasteiger partial charge is 0.418 e. The van der Waals surface area contributed by atoms with Crippen LogP contribution in [0.3, 0.4) is 0 Å². The van der Waals surface area contributed by atoms with Crippen molar-refractivity contribution in [3.63, 3.8) is 0 Å². The number of benzene rings is 1. The summed E-state index contributed by atoms with van der Waals surface area (Å²) in [6.45, 7) is -0.0748. The zero-order valence-corrected chi connectivity index (χ0v) is 15.6. The second-order valence-corrected chi connectivity index (χ2v) is 8.86. The summed E-state index contributed by atoms with van der Waals surface area (Å²) in [5.41, 5.74) is -1.28. The number of hydrogen-bond acceptors (Lipinski definition) is 5. The van der Waals surface area contributed by atoms with Gasteiger partial charge in [-0.25, -0.2) is 8.42 Å². The molecular formula is C18H19F3N2O4S. The van der Waals surface area contributed by atoms with Crippen LogP contribution in [0.5, 0.6) is 0 Å². The van der Waals surface area contributed by atoms with Crippen LogP contribution in [0.15, 0.2) is 47.1 Å². The molecule has 28 heavy (non-hydrogen) atoms. The Balaban J connectivity index is 1.75. The average molecular weight is 416 g/mol. The van der Waals surface area contributed by atoms with Crippen LogP contribution in [0, 0.1) is 0 Å². The van der Waals surface area contributed by atoms with E-state index in [2.05, 4.69) is 5.32 Å². The lowest BCUT2D eigenvalue weighted by molar-refractivity contribution is -0.137. The van der Waals surface area contributed by atoms with Gasteiger partial charge in [-0.3, -0.25) is 9.69 Å². The zero-order valence-electron chi connectivity index (χ0n) is 14.8. The van der Waals surface area contributed by atoms with Gasteiger partial charge in [0.05, 0.1) is 42.1 Å². The fourth-order valence-corrected chi connectivity index (χ4v) is 4.96. The van der Waals surface area contributed by atoms with E-state index in [1.54, 1.807) is 17.0 Å². The Kier molecular flexibility index (Phi) is 5.80. The Bertz CT molecular complexity index is 927. The molecule has 1 atom stereocenters. The number of nitrogens with zero attached hydrogens (tertiary/aromatic N) is 1. The highest BCUT2D eigenvalue weighted by atomic mass is 32.2. The minimum absolute atomic E-state index is 0.0187. The number of rotatable bonds is 6. The van der Waals surface area contributed by atoms with Crippen molar-refractivity contribution in [3.05, 3.63) is 54.0 Å². The van der Waals surface area contributed by atoms with Crippen molar-refractivity contribution in [2.75, 3.05) is 23.4 Å². The van der Waals surface area contributed by atoms with E-state index in [0.29, 0.717) is 12.2 Å². The Morgan fingerprint density at radius 2 is 1.96 bits per heavy atom. The monoisotopic (exact) mass is 416 g/mol. The number of amides is 1. The van der Waals surface area contributed by atoms with E-state index >= 15 is 0 Å². The van der Waals surface area contributed by atoms with Crippen LogP contribution in [0.25, 0.3) is 0 Å². The molecule has 0 spiro atoms. The van der Waals surface area contributed by atoms with Crippen molar-refractivity contribution >= 4 is 21.4 Å². The number of alkyl halides is 3. The van der Waals surface area contributed by atoms with Gasteiger partial charge < -0.3 is 9.73 Å². The number of halogens is 3. The molecule has 1 aromatic carbocycles. The standard InChI is InChI=1S/C18H19F3N2O4S/c19-18(20,21)15-5-1-2-6-16(15)22-17(24)11-23(10-14-4-3-8-27-14)13-7-9-28(25,26)12-13/h1-6,8,13H,7,9-12H2,(H,22,24)/t13-/m0/s1. The minimum atomic E-state index is -4.60. The fraction of sp³-hybridized carbons (Fsp3) is 0.389. The molecule has 2 heterocycles.